The highest BCUT2D eigenvalue weighted by atomic mass is 35.5. The molecular weight excluding hydrogens is 452 g/mol. The number of fused-ring (bicyclic) bond motifs is 1. The van der Waals surface area contributed by atoms with E-state index in [1.54, 1.807) is 24.3 Å². The van der Waals surface area contributed by atoms with E-state index < -0.39 is 30.3 Å². The maximum absolute atomic E-state index is 12.8. The summed E-state index contributed by atoms with van der Waals surface area (Å²) in [4.78, 5) is 51.0. The Bertz CT molecular complexity index is 1090. The van der Waals surface area contributed by atoms with Gasteiger partial charge in [0, 0.05) is 19.2 Å². The number of hydrogen-bond donors (Lipinski definition) is 1. The van der Waals surface area contributed by atoms with Crippen molar-refractivity contribution >= 4 is 41.0 Å². The van der Waals surface area contributed by atoms with Crippen LogP contribution in [0.15, 0.2) is 36.4 Å². The second-order valence-electron chi connectivity index (χ2n) is 7.51. The first kappa shape index (κ1) is 22.8. The lowest BCUT2D eigenvalue weighted by molar-refractivity contribution is -0.124. The summed E-state index contributed by atoms with van der Waals surface area (Å²) in [5.74, 6) is -2.33. The molecule has 10 heteroatoms. The standard InChI is InChI=1S/C23H21ClN2O7/c1-31-19-10-18(26-21(28)14-6-2-3-7-15(14)22(26)29)17(24)9-16(19)23(30)33-12-20(27)25-11-13-5-4-8-32-13/h2-3,6-7,9-10,13H,4-5,8,11-12H2,1H3,(H,25,27)/t13-/m0/s1. The molecule has 172 valence electrons. The molecule has 9 nitrogen and oxygen atoms in total. The number of ether oxygens (including phenoxy) is 3. The topological polar surface area (TPSA) is 111 Å². The summed E-state index contributed by atoms with van der Waals surface area (Å²) in [5.41, 5.74) is 0.547. The van der Waals surface area contributed by atoms with Gasteiger partial charge in [-0.25, -0.2) is 9.69 Å². The monoisotopic (exact) mass is 472 g/mol. The summed E-state index contributed by atoms with van der Waals surface area (Å²) >= 11 is 6.34. The van der Waals surface area contributed by atoms with Gasteiger partial charge in [-0.05, 0) is 31.0 Å². The molecule has 0 unspecified atom stereocenters. The van der Waals surface area contributed by atoms with Gasteiger partial charge in [-0.1, -0.05) is 23.7 Å². The van der Waals surface area contributed by atoms with Crippen LogP contribution in [0.3, 0.4) is 0 Å². The Labute approximate surface area is 194 Å². The van der Waals surface area contributed by atoms with E-state index in [0.29, 0.717) is 13.2 Å². The van der Waals surface area contributed by atoms with Gasteiger partial charge in [0.2, 0.25) is 0 Å². The summed E-state index contributed by atoms with van der Waals surface area (Å²) in [7, 11) is 1.32. The molecule has 2 aromatic rings. The lowest BCUT2D eigenvalue weighted by atomic mass is 10.1. The van der Waals surface area contributed by atoms with Crippen molar-refractivity contribution < 1.29 is 33.4 Å². The number of hydrogen-bond acceptors (Lipinski definition) is 7. The number of amides is 3. The zero-order chi connectivity index (χ0) is 23.5. The molecule has 0 spiro atoms. The number of methoxy groups -OCH3 is 1. The van der Waals surface area contributed by atoms with Crippen LogP contribution in [0.4, 0.5) is 5.69 Å². The van der Waals surface area contributed by atoms with E-state index in [4.69, 9.17) is 25.8 Å². The molecule has 0 bridgehead atoms. The first-order valence-corrected chi connectivity index (χ1v) is 10.7. The summed E-state index contributed by atoms with van der Waals surface area (Å²) in [5, 5.41) is 2.63. The number of nitrogens with one attached hydrogen (secondary N) is 1. The Morgan fingerprint density at radius 2 is 1.88 bits per heavy atom. The maximum Gasteiger partial charge on any atom is 0.342 e. The van der Waals surface area contributed by atoms with E-state index in [0.717, 1.165) is 17.7 Å². The minimum Gasteiger partial charge on any atom is -0.496 e. The minimum absolute atomic E-state index is 0.0277. The number of anilines is 1. The van der Waals surface area contributed by atoms with Crippen LogP contribution in [0.2, 0.25) is 5.02 Å². The predicted octanol–water partition coefficient (Wildman–Crippen LogP) is 2.60. The van der Waals surface area contributed by atoms with E-state index in [-0.39, 0.29) is 39.3 Å². The molecule has 1 atom stereocenters. The summed E-state index contributed by atoms with van der Waals surface area (Å²) in [6.45, 7) is 0.528. The fourth-order valence-electron chi connectivity index (χ4n) is 3.74. The largest absolute Gasteiger partial charge is 0.496 e. The third kappa shape index (κ3) is 4.55. The van der Waals surface area contributed by atoms with Crippen molar-refractivity contribution in [2.24, 2.45) is 0 Å². The minimum atomic E-state index is -0.838. The number of nitrogens with zero attached hydrogens (tertiary/aromatic N) is 1. The molecule has 1 fully saturated rings. The van der Waals surface area contributed by atoms with Crippen LogP contribution in [0, 0.1) is 0 Å². The van der Waals surface area contributed by atoms with Gasteiger partial charge in [-0.3, -0.25) is 14.4 Å². The van der Waals surface area contributed by atoms with E-state index in [2.05, 4.69) is 5.32 Å². The zero-order valence-electron chi connectivity index (χ0n) is 17.8. The van der Waals surface area contributed by atoms with Gasteiger partial charge in [-0.15, -0.1) is 0 Å². The van der Waals surface area contributed by atoms with Crippen molar-refractivity contribution in [2.45, 2.75) is 18.9 Å². The molecule has 1 N–H and O–H groups in total. The van der Waals surface area contributed by atoms with E-state index in [1.807, 2.05) is 0 Å². The Kier molecular flexibility index (Phi) is 6.62. The second-order valence-corrected chi connectivity index (χ2v) is 7.92. The SMILES string of the molecule is COc1cc(N2C(=O)c3ccccc3C2=O)c(Cl)cc1C(=O)OCC(=O)NC[C@@H]1CCCO1. The molecule has 2 aromatic carbocycles. The van der Waals surface area contributed by atoms with Crippen molar-refractivity contribution in [3.63, 3.8) is 0 Å². The van der Waals surface area contributed by atoms with Crippen LogP contribution in [-0.2, 0) is 14.3 Å². The van der Waals surface area contributed by atoms with Gasteiger partial charge in [0.1, 0.15) is 11.3 Å². The van der Waals surface area contributed by atoms with Crippen LogP contribution in [0.25, 0.3) is 0 Å². The van der Waals surface area contributed by atoms with Crippen molar-refractivity contribution in [1.82, 2.24) is 5.32 Å². The molecule has 33 heavy (non-hydrogen) atoms. The third-order valence-electron chi connectivity index (χ3n) is 5.41. The summed E-state index contributed by atoms with van der Waals surface area (Å²) in [6.07, 6.45) is 1.79. The normalized spacial score (nSPS) is 17.2. The van der Waals surface area contributed by atoms with Crippen LogP contribution in [0.1, 0.15) is 43.9 Å². The molecule has 3 amide bonds. The molecule has 2 aliphatic heterocycles. The Morgan fingerprint density at radius 1 is 1.18 bits per heavy atom. The van der Waals surface area contributed by atoms with E-state index in [9.17, 15) is 19.2 Å². The average Bonchev–Trinajstić information content (AvgIpc) is 3.43. The van der Waals surface area contributed by atoms with Crippen LogP contribution >= 0.6 is 11.6 Å². The number of carbonyl (C=O) groups is 4. The summed E-state index contributed by atoms with van der Waals surface area (Å²) in [6, 6.07) is 8.98. The van der Waals surface area contributed by atoms with Gasteiger partial charge in [0.15, 0.2) is 6.61 Å². The molecule has 2 aliphatic rings. The second kappa shape index (κ2) is 9.60. The molecule has 4 rings (SSSR count). The molecule has 0 radical (unpaired) electrons. The fourth-order valence-corrected chi connectivity index (χ4v) is 3.99. The maximum atomic E-state index is 12.8. The van der Waals surface area contributed by atoms with E-state index in [1.165, 1.54) is 19.2 Å². The van der Waals surface area contributed by atoms with Crippen molar-refractivity contribution in [3.8, 4) is 5.75 Å². The van der Waals surface area contributed by atoms with E-state index >= 15 is 0 Å². The quantitative estimate of drug-likeness (QED) is 0.487. The molecule has 0 saturated carbocycles. The Hall–Kier alpha value is -3.43. The lowest BCUT2D eigenvalue weighted by Gasteiger charge is -2.18. The van der Waals surface area contributed by atoms with Gasteiger partial charge < -0.3 is 19.5 Å². The number of halogens is 1. The van der Waals surface area contributed by atoms with Gasteiger partial charge in [-0.2, -0.15) is 0 Å². The Morgan fingerprint density at radius 3 is 2.48 bits per heavy atom. The fraction of sp³-hybridized carbons (Fsp3) is 0.304. The highest BCUT2D eigenvalue weighted by Gasteiger charge is 2.38. The van der Waals surface area contributed by atoms with Gasteiger partial charge in [0.25, 0.3) is 17.7 Å². The first-order valence-electron chi connectivity index (χ1n) is 10.3. The molecule has 0 aliphatic carbocycles. The lowest BCUT2D eigenvalue weighted by Crippen LogP contribution is -2.34. The Balaban J connectivity index is 1.47. The van der Waals surface area contributed by atoms with Crippen molar-refractivity contribution in [2.75, 3.05) is 31.8 Å². The zero-order valence-corrected chi connectivity index (χ0v) is 18.5. The number of esters is 1. The van der Waals surface area contributed by atoms with Crippen molar-refractivity contribution in [1.29, 1.82) is 0 Å². The van der Waals surface area contributed by atoms with Gasteiger partial charge >= 0.3 is 5.97 Å². The average molecular weight is 473 g/mol. The highest BCUT2D eigenvalue weighted by molar-refractivity contribution is 6.40. The third-order valence-corrected chi connectivity index (χ3v) is 5.71. The number of rotatable bonds is 7. The molecule has 0 aromatic heterocycles. The smallest absolute Gasteiger partial charge is 0.342 e. The van der Waals surface area contributed by atoms with Crippen LogP contribution in [-0.4, -0.2) is 56.7 Å². The van der Waals surface area contributed by atoms with Crippen LogP contribution in [0.5, 0.6) is 5.75 Å². The first-order chi connectivity index (χ1) is 15.9. The number of imide groups is 1. The number of benzene rings is 2. The highest BCUT2D eigenvalue weighted by Crippen LogP contribution is 2.38. The molecule has 2 heterocycles. The summed E-state index contributed by atoms with van der Waals surface area (Å²) < 4.78 is 15.8. The predicted molar refractivity (Wildman–Crippen MR) is 118 cm³/mol. The van der Waals surface area contributed by atoms with Crippen molar-refractivity contribution in [3.05, 3.63) is 58.1 Å². The van der Waals surface area contributed by atoms with Gasteiger partial charge in [0.05, 0.1) is 35.1 Å². The number of carbonyl (C=O) groups excluding carboxylic acids is 4. The molecule has 1 saturated heterocycles. The molecular formula is C23H21ClN2O7. The van der Waals surface area contributed by atoms with Crippen LogP contribution < -0.4 is 15.0 Å².